The van der Waals surface area contributed by atoms with Crippen LogP contribution in [0.4, 0.5) is 0 Å². The average molecular weight is 286 g/mol. The summed E-state index contributed by atoms with van der Waals surface area (Å²) in [5.74, 6) is 0.730. The van der Waals surface area contributed by atoms with E-state index < -0.39 is 0 Å². The summed E-state index contributed by atoms with van der Waals surface area (Å²) in [5.41, 5.74) is 4.20. The van der Waals surface area contributed by atoms with Crippen LogP contribution in [-0.4, -0.2) is 6.04 Å². The molecule has 1 fully saturated rings. The molecule has 3 rings (SSSR count). The molecule has 0 saturated heterocycles. The Hall–Kier alpha value is -1.31. The molecule has 104 valence electrons. The second-order valence-corrected chi connectivity index (χ2v) is 6.17. The maximum atomic E-state index is 6.00. The maximum absolute atomic E-state index is 6.00. The topological polar surface area (TPSA) is 12.0 Å². The summed E-state index contributed by atoms with van der Waals surface area (Å²) in [6.07, 6.45) is 2.48. The standard InChI is InChI=1S/C18H20ClN/c1-13-5-2-3-8-18(13)15-10-17(11-15)20-12-14-6-4-7-16(19)9-14/h2-9,15,17,20H,10-12H2,1H3. The molecule has 0 aliphatic heterocycles. The van der Waals surface area contributed by atoms with Crippen molar-refractivity contribution < 1.29 is 0 Å². The zero-order chi connectivity index (χ0) is 13.9. The zero-order valence-electron chi connectivity index (χ0n) is 11.8. The fraction of sp³-hybridized carbons (Fsp3) is 0.333. The first-order valence-electron chi connectivity index (χ1n) is 7.26. The SMILES string of the molecule is Cc1ccccc1C1CC(NCc2cccc(Cl)c2)C1. The summed E-state index contributed by atoms with van der Waals surface area (Å²) in [6.45, 7) is 3.12. The molecule has 1 saturated carbocycles. The highest BCUT2D eigenvalue weighted by Crippen LogP contribution is 2.38. The van der Waals surface area contributed by atoms with Crippen molar-refractivity contribution in [3.63, 3.8) is 0 Å². The van der Waals surface area contributed by atoms with Crippen LogP contribution in [-0.2, 0) is 6.54 Å². The Bertz CT molecular complexity index is 587. The van der Waals surface area contributed by atoms with Gasteiger partial charge in [-0.25, -0.2) is 0 Å². The Labute approximate surface area is 126 Å². The lowest BCUT2D eigenvalue weighted by atomic mass is 9.74. The number of hydrogen-bond donors (Lipinski definition) is 1. The monoisotopic (exact) mass is 285 g/mol. The molecule has 1 aliphatic carbocycles. The van der Waals surface area contributed by atoms with Gasteiger partial charge in [-0.3, -0.25) is 0 Å². The Morgan fingerprint density at radius 2 is 1.90 bits per heavy atom. The third-order valence-electron chi connectivity index (χ3n) is 4.25. The van der Waals surface area contributed by atoms with Crippen LogP contribution in [0.25, 0.3) is 0 Å². The first-order chi connectivity index (χ1) is 9.72. The van der Waals surface area contributed by atoms with Gasteiger partial charge in [0.1, 0.15) is 0 Å². The summed E-state index contributed by atoms with van der Waals surface area (Å²) < 4.78 is 0. The van der Waals surface area contributed by atoms with Gasteiger partial charge in [0, 0.05) is 17.6 Å². The number of halogens is 1. The van der Waals surface area contributed by atoms with E-state index in [1.54, 1.807) is 0 Å². The average Bonchev–Trinajstić information content (AvgIpc) is 2.39. The predicted octanol–water partition coefficient (Wildman–Crippen LogP) is 4.68. The molecule has 1 nitrogen and oxygen atoms in total. The summed E-state index contributed by atoms with van der Waals surface area (Å²) in [4.78, 5) is 0. The number of aryl methyl sites for hydroxylation is 1. The van der Waals surface area contributed by atoms with Crippen LogP contribution in [0.1, 0.15) is 35.4 Å². The van der Waals surface area contributed by atoms with E-state index in [2.05, 4.69) is 42.6 Å². The number of hydrogen-bond acceptors (Lipinski definition) is 1. The van der Waals surface area contributed by atoms with Crippen LogP contribution >= 0.6 is 11.6 Å². The zero-order valence-corrected chi connectivity index (χ0v) is 12.5. The minimum absolute atomic E-state index is 0.638. The van der Waals surface area contributed by atoms with Crippen LogP contribution in [0.2, 0.25) is 5.02 Å². The smallest absolute Gasteiger partial charge is 0.0409 e. The summed E-state index contributed by atoms with van der Waals surface area (Å²) in [5, 5.41) is 4.44. The Morgan fingerprint density at radius 3 is 2.65 bits per heavy atom. The van der Waals surface area contributed by atoms with Crippen LogP contribution < -0.4 is 5.32 Å². The van der Waals surface area contributed by atoms with Gasteiger partial charge in [-0.2, -0.15) is 0 Å². The second kappa shape index (κ2) is 5.99. The molecular weight excluding hydrogens is 266 g/mol. The van der Waals surface area contributed by atoms with E-state index in [0.717, 1.165) is 17.5 Å². The van der Waals surface area contributed by atoms with Gasteiger partial charge in [-0.1, -0.05) is 48.0 Å². The molecule has 1 N–H and O–H groups in total. The largest absolute Gasteiger partial charge is 0.310 e. The molecule has 0 unspecified atom stereocenters. The summed E-state index contributed by atoms with van der Waals surface area (Å²) >= 11 is 6.00. The predicted molar refractivity (Wildman–Crippen MR) is 85.2 cm³/mol. The van der Waals surface area contributed by atoms with E-state index in [-0.39, 0.29) is 0 Å². The first kappa shape index (κ1) is 13.7. The molecule has 0 spiro atoms. The molecule has 0 amide bonds. The molecule has 2 heteroatoms. The van der Waals surface area contributed by atoms with Gasteiger partial charge in [-0.15, -0.1) is 0 Å². The molecule has 2 aromatic rings. The summed E-state index contributed by atoms with van der Waals surface area (Å²) in [7, 11) is 0. The first-order valence-corrected chi connectivity index (χ1v) is 7.63. The lowest BCUT2D eigenvalue weighted by molar-refractivity contribution is 0.289. The molecule has 0 atom stereocenters. The van der Waals surface area contributed by atoms with Crippen molar-refractivity contribution in [3.8, 4) is 0 Å². The van der Waals surface area contributed by atoms with Gasteiger partial charge in [0.25, 0.3) is 0 Å². The van der Waals surface area contributed by atoms with Gasteiger partial charge >= 0.3 is 0 Å². The second-order valence-electron chi connectivity index (χ2n) is 5.73. The van der Waals surface area contributed by atoms with Crippen molar-refractivity contribution in [3.05, 3.63) is 70.2 Å². The van der Waals surface area contributed by atoms with Gasteiger partial charge in [-0.05, 0) is 54.5 Å². The van der Waals surface area contributed by atoms with Crippen molar-refractivity contribution in [2.75, 3.05) is 0 Å². The van der Waals surface area contributed by atoms with E-state index in [1.807, 2.05) is 18.2 Å². The van der Waals surface area contributed by atoms with Gasteiger partial charge in [0.2, 0.25) is 0 Å². The lowest BCUT2D eigenvalue weighted by Gasteiger charge is -2.37. The highest BCUT2D eigenvalue weighted by Gasteiger charge is 2.30. The van der Waals surface area contributed by atoms with E-state index in [4.69, 9.17) is 11.6 Å². The van der Waals surface area contributed by atoms with Crippen LogP contribution in [0.5, 0.6) is 0 Å². The number of rotatable bonds is 4. The van der Waals surface area contributed by atoms with Gasteiger partial charge in [0.15, 0.2) is 0 Å². The van der Waals surface area contributed by atoms with E-state index in [1.165, 1.54) is 29.5 Å². The van der Waals surface area contributed by atoms with Crippen LogP contribution in [0.3, 0.4) is 0 Å². The van der Waals surface area contributed by atoms with E-state index >= 15 is 0 Å². The minimum Gasteiger partial charge on any atom is -0.310 e. The van der Waals surface area contributed by atoms with Gasteiger partial charge in [0.05, 0.1) is 0 Å². The third-order valence-corrected chi connectivity index (χ3v) is 4.49. The number of nitrogens with one attached hydrogen (secondary N) is 1. The van der Waals surface area contributed by atoms with E-state index in [0.29, 0.717) is 6.04 Å². The highest BCUT2D eigenvalue weighted by molar-refractivity contribution is 6.30. The number of benzene rings is 2. The molecular formula is C18H20ClN. The fourth-order valence-corrected chi connectivity index (χ4v) is 3.21. The molecule has 0 bridgehead atoms. The van der Waals surface area contributed by atoms with Crippen molar-refractivity contribution in [1.82, 2.24) is 5.32 Å². The third kappa shape index (κ3) is 3.05. The highest BCUT2D eigenvalue weighted by atomic mass is 35.5. The summed E-state index contributed by atoms with van der Waals surface area (Å²) in [6, 6.07) is 17.5. The Morgan fingerprint density at radius 1 is 1.10 bits per heavy atom. The van der Waals surface area contributed by atoms with Crippen LogP contribution in [0, 0.1) is 6.92 Å². The molecule has 1 aliphatic rings. The maximum Gasteiger partial charge on any atom is 0.0409 e. The molecule has 2 aromatic carbocycles. The quantitative estimate of drug-likeness (QED) is 0.860. The fourth-order valence-electron chi connectivity index (χ4n) is 2.99. The molecule has 20 heavy (non-hydrogen) atoms. The van der Waals surface area contributed by atoms with Crippen molar-refractivity contribution >= 4 is 11.6 Å². The molecule has 0 radical (unpaired) electrons. The van der Waals surface area contributed by atoms with Crippen molar-refractivity contribution in [2.24, 2.45) is 0 Å². The van der Waals surface area contributed by atoms with Crippen molar-refractivity contribution in [1.29, 1.82) is 0 Å². The lowest BCUT2D eigenvalue weighted by Crippen LogP contribution is -2.39. The van der Waals surface area contributed by atoms with Crippen molar-refractivity contribution in [2.45, 2.75) is 38.3 Å². The Kier molecular flexibility index (Phi) is 4.09. The normalized spacial score (nSPS) is 21.5. The minimum atomic E-state index is 0.638. The van der Waals surface area contributed by atoms with E-state index in [9.17, 15) is 0 Å². The molecule has 0 aromatic heterocycles. The molecule has 0 heterocycles. The van der Waals surface area contributed by atoms with Crippen LogP contribution in [0.15, 0.2) is 48.5 Å². The van der Waals surface area contributed by atoms with Gasteiger partial charge < -0.3 is 5.32 Å². The Balaban J connectivity index is 1.50.